The fraction of sp³-hybridized carbons (Fsp3) is 0.333. The Balaban J connectivity index is 2.15. The van der Waals surface area contributed by atoms with E-state index in [0.717, 1.165) is 11.3 Å². The lowest BCUT2D eigenvalue weighted by molar-refractivity contribution is -0.122. The van der Waals surface area contributed by atoms with Crippen molar-refractivity contribution < 1.29 is 9.21 Å². The van der Waals surface area contributed by atoms with Crippen molar-refractivity contribution in [2.24, 2.45) is 5.92 Å². The molecule has 1 fully saturated rings. The predicted octanol–water partition coefficient (Wildman–Crippen LogP) is 2.94. The average molecular weight is 290 g/mol. The molecule has 1 amide bonds. The van der Waals surface area contributed by atoms with Gasteiger partial charge < -0.3 is 9.73 Å². The molecule has 1 aliphatic rings. The first kappa shape index (κ1) is 14.5. The molecule has 0 radical (unpaired) electrons. The lowest BCUT2D eigenvalue weighted by Gasteiger charge is -2.15. The molecule has 4 nitrogen and oxygen atoms in total. The van der Waals surface area contributed by atoms with Crippen LogP contribution in [0.4, 0.5) is 0 Å². The monoisotopic (exact) mass is 290 g/mol. The molecule has 106 valence electrons. The fourth-order valence-corrected chi connectivity index (χ4v) is 2.24. The minimum atomic E-state index is -0.0732. The number of carbonyl (C=O) groups is 1. The molecule has 0 unspecified atom stereocenters. The molecule has 1 saturated heterocycles. The number of hydrogen-bond acceptors (Lipinski definition) is 3. The Bertz CT molecular complexity index is 571. The van der Waals surface area contributed by atoms with Crippen LogP contribution >= 0.6 is 12.2 Å². The number of furan rings is 1. The zero-order valence-corrected chi connectivity index (χ0v) is 12.7. The average Bonchev–Trinajstić information content (AvgIpc) is 2.93. The Morgan fingerprint density at radius 2 is 2.30 bits per heavy atom. The Kier molecular flexibility index (Phi) is 4.39. The molecule has 1 aromatic rings. The van der Waals surface area contributed by atoms with E-state index < -0.39 is 0 Å². The summed E-state index contributed by atoms with van der Waals surface area (Å²) < 4.78 is 5.24. The van der Waals surface area contributed by atoms with Crippen LogP contribution in [0.1, 0.15) is 26.5 Å². The van der Waals surface area contributed by atoms with Gasteiger partial charge >= 0.3 is 0 Å². The van der Waals surface area contributed by atoms with Gasteiger partial charge in [0.1, 0.15) is 11.5 Å². The Morgan fingerprint density at radius 3 is 2.90 bits per heavy atom. The number of nitrogens with one attached hydrogen (secondary N) is 1. The molecular weight excluding hydrogens is 272 g/mol. The summed E-state index contributed by atoms with van der Waals surface area (Å²) in [6.07, 6.45) is 5.28. The first-order valence-corrected chi connectivity index (χ1v) is 6.94. The standard InChI is InChI=1S/C15H18N2O2S/c1-10(2)9-17-14(18)13(16-15(17)20)8-11(3)7-12-5-4-6-19-12/h4-8,10H,9H2,1-3H3,(H,16,20)/b11-7+,13-8+. The first-order chi connectivity index (χ1) is 9.47. The normalized spacial score (nSPS) is 18.3. The van der Waals surface area contributed by atoms with Crippen molar-refractivity contribution in [2.75, 3.05) is 6.54 Å². The Hall–Kier alpha value is -1.88. The highest BCUT2D eigenvalue weighted by Gasteiger charge is 2.30. The van der Waals surface area contributed by atoms with Crippen molar-refractivity contribution in [1.82, 2.24) is 10.2 Å². The van der Waals surface area contributed by atoms with Gasteiger partial charge in [0.15, 0.2) is 5.11 Å². The van der Waals surface area contributed by atoms with E-state index in [0.29, 0.717) is 23.3 Å². The van der Waals surface area contributed by atoms with E-state index in [1.807, 2.05) is 25.1 Å². The highest BCUT2D eigenvalue weighted by Crippen LogP contribution is 2.15. The molecule has 20 heavy (non-hydrogen) atoms. The maximum atomic E-state index is 12.2. The van der Waals surface area contributed by atoms with Crippen LogP contribution < -0.4 is 5.32 Å². The van der Waals surface area contributed by atoms with Gasteiger partial charge in [-0.05, 0) is 54.9 Å². The third-order valence-corrected chi connectivity index (χ3v) is 3.12. The van der Waals surface area contributed by atoms with E-state index in [2.05, 4.69) is 19.2 Å². The van der Waals surface area contributed by atoms with Crippen LogP contribution in [0.5, 0.6) is 0 Å². The topological polar surface area (TPSA) is 45.5 Å². The molecule has 2 heterocycles. The van der Waals surface area contributed by atoms with Crippen LogP contribution in [0.15, 0.2) is 40.2 Å². The largest absolute Gasteiger partial charge is 0.465 e. The molecule has 1 aromatic heterocycles. The maximum absolute atomic E-state index is 12.2. The second-order valence-corrected chi connectivity index (χ2v) is 5.59. The lowest BCUT2D eigenvalue weighted by atomic mass is 10.2. The van der Waals surface area contributed by atoms with E-state index >= 15 is 0 Å². The summed E-state index contributed by atoms with van der Waals surface area (Å²) >= 11 is 5.20. The highest BCUT2D eigenvalue weighted by molar-refractivity contribution is 7.80. The molecule has 0 aromatic carbocycles. The number of hydrogen-bond donors (Lipinski definition) is 1. The SMILES string of the molecule is CC(=C\c1ccco1)/C=C1/NC(=S)N(CC(C)C)C1=O. The summed E-state index contributed by atoms with van der Waals surface area (Å²) in [7, 11) is 0. The van der Waals surface area contributed by atoms with Crippen LogP contribution in [0.2, 0.25) is 0 Å². The summed E-state index contributed by atoms with van der Waals surface area (Å²) in [5.74, 6) is 1.06. The minimum Gasteiger partial charge on any atom is -0.465 e. The van der Waals surface area contributed by atoms with Gasteiger partial charge in [-0.1, -0.05) is 13.8 Å². The second-order valence-electron chi connectivity index (χ2n) is 5.20. The van der Waals surface area contributed by atoms with E-state index in [-0.39, 0.29) is 5.91 Å². The van der Waals surface area contributed by atoms with Gasteiger partial charge in [0.05, 0.1) is 6.26 Å². The van der Waals surface area contributed by atoms with Crippen molar-refractivity contribution in [3.05, 3.63) is 41.5 Å². The summed E-state index contributed by atoms with van der Waals surface area (Å²) in [4.78, 5) is 13.8. The summed E-state index contributed by atoms with van der Waals surface area (Å²) in [6, 6.07) is 3.69. The molecule has 0 spiro atoms. The van der Waals surface area contributed by atoms with Gasteiger partial charge in [-0.2, -0.15) is 0 Å². The van der Waals surface area contributed by atoms with Crippen LogP contribution in [0, 0.1) is 5.92 Å². The zero-order chi connectivity index (χ0) is 14.7. The molecule has 0 atom stereocenters. The third kappa shape index (κ3) is 3.36. The second kappa shape index (κ2) is 6.05. The van der Waals surface area contributed by atoms with Crippen LogP contribution in [0.3, 0.4) is 0 Å². The van der Waals surface area contributed by atoms with Gasteiger partial charge in [-0.15, -0.1) is 0 Å². The van der Waals surface area contributed by atoms with Gasteiger partial charge in [0.25, 0.3) is 5.91 Å². The summed E-state index contributed by atoms with van der Waals surface area (Å²) in [5, 5.41) is 3.44. The van der Waals surface area contributed by atoms with Crippen LogP contribution in [0.25, 0.3) is 6.08 Å². The summed E-state index contributed by atoms with van der Waals surface area (Å²) in [6.45, 7) is 6.65. The Morgan fingerprint density at radius 1 is 1.55 bits per heavy atom. The van der Waals surface area contributed by atoms with Gasteiger partial charge in [-0.3, -0.25) is 9.69 Å². The molecule has 5 heteroatoms. The Labute approximate surface area is 124 Å². The zero-order valence-electron chi connectivity index (χ0n) is 11.8. The van der Waals surface area contributed by atoms with Crippen LogP contribution in [-0.2, 0) is 4.79 Å². The molecule has 0 saturated carbocycles. The lowest BCUT2D eigenvalue weighted by Crippen LogP contribution is -2.33. The third-order valence-electron chi connectivity index (χ3n) is 2.80. The van der Waals surface area contributed by atoms with E-state index in [1.165, 1.54) is 0 Å². The van der Waals surface area contributed by atoms with E-state index in [9.17, 15) is 4.79 Å². The molecule has 2 rings (SSSR count). The van der Waals surface area contributed by atoms with Crippen molar-refractivity contribution in [1.29, 1.82) is 0 Å². The number of thiocarbonyl (C=S) groups is 1. The number of allylic oxidation sites excluding steroid dienone is 2. The van der Waals surface area contributed by atoms with Crippen molar-refractivity contribution >= 4 is 29.3 Å². The molecule has 1 N–H and O–H groups in total. The maximum Gasteiger partial charge on any atom is 0.276 e. The van der Waals surface area contributed by atoms with E-state index in [4.69, 9.17) is 16.6 Å². The van der Waals surface area contributed by atoms with Crippen molar-refractivity contribution in [2.45, 2.75) is 20.8 Å². The minimum absolute atomic E-state index is 0.0732. The number of carbonyl (C=O) groups excluding carboxylic acids is 1. The number of amides is 1. The molecule has 1 aliphatic heterocycles. The van der Waals surface area contributed by atoms with Gasteiger partial charge in [0, 0.05) is 6.54 Å². The smallest absolute Gasteiger partial charge is 0.276 e. The molecule has 0 aliphatic carbocycles. The van der Waals surface area contributed by atoms with E-state index in [1.54, 1.807) is 17.2 Å². The summed E-state index contributed by atoms with van der Waals surface area (Å²) in [5.41, 5.74) is 1.43. The van der Waals surface area contributed by atoms with Crippen molar-refractivity contribution in [3.8, 4) is 0 Å². The van der Waals surface area contributed by atoms with Gasteiger partial charge in [-0.25, -0.2) is 0 Å². The predicted molar refractivity (Wildman–Crippen MR) is 82.7 cm³/mol. The molecular formula is C15H18N2O2S. The first-order valence-electron chi connectivity index (χ1n) is 6.53. The number of rotatable bonds is 4. The quantitative estimate of drug-likeness (QED) is 0.684. The molecule has 0 bridgehead atoms. The van der Waals surface area contributed by atoms with Crippen LogP contribution in [-0.4, -0.2) is 22.5 Å². The fourth-order valence-electron chi connectivity index (χ4n) is 1.97. The number of nitrogens with zero attached hydrogens (tertiary/aromatic N) is 1. The highest BCUT2D eigenvalue weighted by atomic mass is 32.1. The van der Waals surface area contributed by atoms with Gasteiger partial charge in [0.2, 0.25) is 0 Å². The van der Waals surface area contributed by atoms with Crippen molar-refractivity contribution in [3.63, 3.8) is 0 Å².